The summed E-state index contributed by atoms with van der Waals surface area (Å²) in [7, 11) is 0. The number of hydrogen-bond acceptors (Lipinski definition) is 2. The van der Waals surface area contributed by atoms with Gasteiger partial charge in [0.2, 0.25) is 5.96 Å². The van der Waals surface area contributed by atoms with Gasteiger partial charge in [0.1, 0.15) is 5.75 Å². The number of nitrogens with two attached hydrogens (primary N) is 3. The molecule has 0 aliphatic rings. The molecule has 0 radical (unpaired) electrons. The van der Waals surface area contributed by atoms with Gasteiger partial charge in [-0.1, -0.05) is 33.1 Å². The van der Waals surface area contributed by atoms with E-state index in [-0.39, 0.29) is 11.9 Å². The number of hydrogen-bond donors (Lipinski definition) is 3. The lowest BCUT2D eigenvalue weighted by Crippen LogP contribution is -2.26. The molecule has 1 aromatic carbocycles. The van der Waals surface area contributed by atoms with Crippen LogP contribution in [0.4, 0.5) is 5.69 Å². The van der Waals surface area contributed by atoms with Gasteiger partial charge in [0.15, 0.2) is 5.96 Å². The first kappa shape index (κ1) is 17.8. The zero-order valence-electron chi connectivity index (χ0n) is 13.5. The van der Waals surface area contributed by atoms with Gasteiger partial charge >= 0.3 is 0 Å². The van der Waals surface area contributed by atoms with Crippen molar-refractivity contribution in [3.8, 4) is 5.75 Å². The number of guanidine groups is 2. The maximum absolute atomic E-state index is 5.83. The van der Waals surface area contributed by atoms with Crippen LogP contribution in [-0.2, 0) is 0 Å². The predicted molar refractivity (Wildman–Crippen MR) is 92.3 cm³/mol. The zero-order valence-corrected chi connectivity index (χ0v) is 13.5. The van der Waals surface area contributed by atoms with Gasteiger partial charge in [-0.25, -0.2) is 4.99 Å². The zero-order chi connectivity index (χ0) is 16.4. The molecular formula is C16H27N5O. The van der Waals surface area contributed by atoms with Gasteiger partial charge in [-0.15, -0.1) is 0 Å². The second kappa shape index (κ2) is 9.65. The Kier molecular flexibility index (Phi) is 7.81. The summed E-state index contributed by atoms with van der Waals surface area (Å²) in [6, 6.07) is 7.37. The van der Waals surface area contributed by atoms with Crippen LogP contribution in [-0.4, -0.2) is 18.5 Å². The Morgan fingerprint density at radius 2 is 1.82 bits per heavy atom. The molecule has 1 rings (SSSR count). The summed E-state index contributed by atoms with van der Waals surface area (Å²) in [4.78, 5) is 7.75. The molecule has 0 saturated heterocycles. The summed E-state index contributed by atoms with van der Waals surface area (Å²) in [5.41, 5.74) is 16.7. The monoisotopic (exact) mass is 305 g/mol. The molecule has 0 aliphatic heterocycles. The summed E-state index contributed by atoms with van der Waals surface area (Å²) in [6.07, 6.45) is 4.82. The molecule has 0 saturated carbocycles. The minimum Gasteiger partial charge on any atom is -0.493 e. The SMILES string of the molecule is CCCCC(CC)COc1ccc(N=C(N)N=C(N)N)cc1. The second-order valence-corrected chi connectivity index (χ2v) is 5.23. The molecule has 0 spiro atoms. The minimum absolute atomic E-state index is 0.0271. The van der Waals surface area contributed by atoms with Crippen molar-refractivity contribution in [3.63, 3.8) is 0 Å². The van der Waals surface area contributed by atoms with Gasteiger partial charge in [-0.2, -0.15) is 4.99 Å². The smallest absolute Gasteiger partial charge is 0.223 e. The molecular weight excluding hydrogens is 278 g/mol. The van der Waals surface area contributed by atoms with Crippen LogP contribution in [0.25, 0.3) is 0 Å². The van der Waals surface area contributed by atoms with E-state index in [0.29, 0.717) is 11.6 Å². The molecule has 0 amide bonds. The molecule has 0 aliphatic carbocycles. The Morgan fingerprint density at radius 3 is 2.36 bits per heavy atom. The maximum atomic E-state index is 5.83. The Balaban J connectivity index is 2.56. The molecule has 6 nitrogen and oxygen atoms in total. The summed E-state index contributed by atoms with van der Waals surface area (Å²) in [5, 5.41) is 0. The lowest BCUT2D eigenvalue weighted by molar-refractivity contribution is 0.233. The predicted octanol–water partition coefficient (Wildman–Crippen LogP) is 2.50. The maximum Gasteiger partial charge on any atom is 0.223 e. The van der Waals surface area contributed by atoms with Gasteiger partial charge in [0.05, 0.1) is 12.3 Å². The van der Waals surface area contributed by atoms with Crippen LogP contribution < -0.4 is 21.9 Å². The van der Waals surface area contributed by atoms with Gasteiger partial charge in [0.25, 0.3) is 0 Å². The van der Waals surface area contributed by atoms with E-state index in [9.17, 15) is 0 Å². The largest absolute Gasteiger partial charge is 0.493 e. The quantitative estimate of drug-likeness (QED) is 0.506. The molecule has 1 aromatic rings. The summed E-state index contributed by atoms with van der Waals surface area (Å²) in [5.74, 6) is 1.35. The Bertz CT molecular complexity index is 492. The summed E-state index contributed by atoms with van der Waals surface area (Å²) < 4.78 is 5.83. The van der Waals surface area contributed by atoms with Crippen LogP contribution in [0.3, 0.4) is 0 Å². The fourth-order valence-electron chi connectivity index (χ4n) is 2.02. The standard InChI is InChI=1S/C16H27N5O/c1-3-5-6-12(4-2)11-22-14-9-7-13(8-10-14)20-16(19)21-15(17)18/h7-10,12H,3-6,11H2,1-2H3,(H6,17,18,19,20,21). The lowest BCUT2D eigenvalue weighted by atomic mass is 10.0. The molecule has 0 fully saturated rings. The number of aliphatic imine (C=N–C) groups is 2. The number of nitrogens with zero attached hydrogens (tertiary/aromatic N) is 2. The van der Waals surface area contributed by atoms with E-state index in [1.54, 1.807) is 0 Å². The van der Waals surface area contributed by atoms with Crippen molar-refractivity contribution in [3.05, 3.63) is 24.3 Å². The lowest BCUT2D eigenvalue weighted by Gasteiger charge is -2.15. The number of rotatable bonds is 8. The van der Waals surface area contributed by atoms with Crippen molar-refractivity contribution in [1.29, 1.82) is 0 Å². The van der Waals surface area contributed by atoms with Crippen molar-refractivity contribution in [2.24, 2.45) is 33.1 Å². The van der Waals surface area contributed by atoms with Gasteiger partial charge in [-0.05, 0) is 36.6 Å². The summed E-state index contributed by atoms with van der Waals surface area (Å²) in [6.45, 7) is 5.16. The van der Waals surface area contributed by atoms with Crippen LogP contribution in [0, 0.1) is 5.92 Å². The van der Waals surface area contributed by atoms with Crippen molar-refractivity contribution >= 4 is 17.6 Å². The average Bonchev–Trinajstić information content (AvgIpc) is 2.48. The van der Waals surface area contributed by atoms with E-state index in [0.717, 1.165) is 18.8 Å². The van der Waals surface area contributed by atoms with E-state index >= 15 is 0 Å². The van der Waals surface area contributed by atoms with Crippen molar-refractivity contribution in [2.45, 2.75) is 39.5 Å². The van der Waals surface area contributed by atoms with Crippen LogP contribution in [0.5, 0.6) is 5.75 Å². The fraction of sp³-hybridized carbons (Fsp3) is 0.500. The normalized spacial score (nSPS) is 12.7. The third-order valence-electron chi connectivity index (χ3n) is 3.35. The van der Waals surface area contributed by atoms with Crippen LogP contribution in [0.2, 0.25) is 0 Å². The molecule has 22 heavy (non-hydrogen) atoms. The Labute approximate surface area is 132 Å². The highest BCUT2D eigenvalue weighted by Crippen LogP contribution is 2.20. The van der Waals surface area contributed by atoms with E-state index in [1.807, 2.05) is 24.3 Å². The Hall–Kier alpha value is -2.24. The van der Waals surface area contributed by atoms with Crippen molar-refractivity contribution < 1.29 is 4.74 Å². The van der Waals surface area contributed by atoms with Crippen molar-refractivity contribution in [1.82, 2.24) is 0 Å². The van der Waals surface area contributed by atoms with Gasteiger partial charge in [0, 0.05) is 0 Å². The molecule has 122 valence electrons. The molecule has 0 bridgehead atoms. The van der Waals surface area contributed by atoms with Crippen molar-refractivity contribution in [2.75, 3.05) is 6.61 Å². The second-order valence-electron chi connectivity index (χ2n) is 5.23. The van der Waals surface area contributed by atoms with Crippen LogP contribution in [0.1, 0.15) is 39.5 Å². The minimum atomic E-state index is -0.112. The number of ether oxygens (including phenoxy) is 1. The molecule has 1 atom stereocenters. The summed E-state index contributed by atoms with van der Waals surface area (Å²) >= 11 is 0. The highest BCUT2D eigenvalue weighted by Gasteiger charge is 2.06. The molecule has 0 heterocycles. The first-order chi connectivity index (χ1) is 10.5. The van der Waals surface area contributed by atoms with Gasteiger partial charge < -0.3 is 21.9 Å². The molecule has 1 unspecified atom stereocenters. The van der Waals surface area contributed by atoms with E-state index in [4.69, 9.17) is 21.9 Å². The first-order valence-electron chi connectivity index (χ1n) is 7.71. The molecule has 6 N–H and O–H groups in total. The van der Waals surface area contributed by atoms with Crippen LogP contribution >= 0.6 is 0 Å². The average molecular weight is 305 g/mol. The molecule has 0 aromatic heterocycles. The highest BCUT2D eigenvalue weighted by atomic mass is 16.5. The third-order valence-corrected chi connectivity index (χ3v) is 3.35. The fourth-order valence-corrected chi connectivity index (χ4v) is 2.02. The number of unbranched alkanes of at least 4 members (excludes halogenated alkanes) is 1. The van der Waals surface area contributed by atoms with E-state index in [2.05, 4.69) is 23.8 Å². The third kappa shape index (κ3) is 6.97. The van der Waals surface area contributed by atoms with E-state index in [1.165, 1.54) is 19.3 Å². The topological polar surface area (TPSA) is 112 Å². The van der Waals surface area contributed by atoms with Crippen LogP contribution in [0.15, 0.2) is 34.3 Å². The van der Waals surface area contributed by atoms with Gasteiger partial charge in [-0.3, -0.25) is 0 Å². The highest BCUT2D eigenvalue weighted by molar-refractivity contribution is 5.93. The first-order valence-corrected chi connectivity index (χ1v) is 7.71. The Morgan fingerprint density at radius 1 is 1.14 bits per heavy atom. The van der Waals surface area contributed by atoms with E-state index < -0.39 is 0 Å². The molecule has 6 heteroatoms. The number of benzene rings is 1.